The number of aromatic nitrogens is 4. The summed E-state index contributed by atoms with van der Waals surface area (Å²) in [5, 5.41) is 10.6. The van der Waals surface area contributed by atoms with E-state index in [2.05, 4.69) is 15.2 Å². The van der Waals surface area contributed by atoms with Gasteiger partial charge in [0.15, 0.2) is 16.6 Å². The second-order valence-electron chi connectivity index (χ2n) is 5.06. The Morgan fingerprint density at radius 3 is 3.09 bits per heavy atom. The maximum Gasteiger partial charge on any atom is 0.273 e. The van der Waals surface area contributed by atoms with E-state index in [1.165, 1.54) is 11.3 Å². The number of hydrogen-bond acceptors (Lipinski definition) is 6. The molecule has 4 rings (SSSR count). The Balaban J connectivity index is 1.55. The van der Waals surface area contributed by atoms with E-state index in [9.17, 15) is 4.79 Å². The molecule has 0 radical (unpaired) electrons. The Morgan fingerprint density at radius 1 is 1.36 bits per heavy atom. The van der Waals surface area contributed by atoms with Gasteiger partial charge in [0.1, 0.15) is 11.5 Å². The van der Waals surface area contributed by atoms with Crippen LogP contribution < -0.4 is 0 Å². The average molecular weight is 315 g/mol. The highest BCUT2D eigenvalue weighted by molar-refractivity contribution is 7.13. The Kier molecular flexibility index (Phi) is 3.04. The van der Waals surface area contributed by atoms with Crippen molar-refractivity contribution < 1.29 is 9.21 Å². The van der Waals surface area contributed by atoms with Gasteiger partial charge in [-0.3, -0.25) is 4.79 Å². The number of aryl methyl sites for hydroxylation is 1. The van der Waals surface area contributed by atoms with Gasteiger partial charge in [-0.25, -0.2) is 4.98 Å². The molecule has 0 unspecified atom stereocenters. The van der Waals surface area contributed by atoms with Crippen molar-refractivity contribution in [3.63, 3.8) is 0 Å². The van der Waals surface area contributed by atoms with E-state index >= 15 is 0 Å². The molecule has 1 aliphatic heterocycles. The van der Waals surface area contributed by atoms with E-state index in [0.29, 0.717) is 29.6 Å². The summed E-state index contributed by atoms with van der Waals surface area (Å²) in [6, 6.07) is 3.64. The number of rotatable bonds is 2. The van der Waals surface area contributed by atoms with Crippen molar-refractivity contribution in [3.05, 3.63) is 41.1 Å². The van der Waals surface area contributed by atoms with Crippen LogP contribution in [0.25, 0.3) is 10.8 Å². The van der Waals surface area contributed by atoms with Gasteiger partial charge in [0.2, 0.25) is 0 Å². The molecule has 0 aromatic carbocycles. The normalized spacial score (nSPS) is 14.1. The van der Waals surface area contributed by atoms with E-state index in [0.717, 1.165) is 18.2 Å². The number of thiazole rings is 1. The van der Waals surface area contributed by atoms with Gasteiger partial charge in [-0.1, -0.05) is 0 Å². The summed E-state index contributed by atoms with van der Waals surface area (Å²) in [6.45, 7) is 3.74. The molecule has 0 N–H and O–H groups in total. The quantitative estimate of drug-likeness (QED) is 0.722. The third-order valence-electron chi connectivity index (χ3n) is 3.68. The Bertz CT molecular complexity index is 820. The first-order valence-electron chi connectivity index (χ1n) is 6.90. The summed E-state index contributed by atoms with van der Waals surface area (Å²) >= 11 is 1.40. The number of amides is 1. The third-order valence-corrected chi connectivity index (χ3v) is 4.54. The molecule has 4 heterocycles. The van der Waals surface area contributed by atoms with Crippen molar-refractivity contribution in [2.45, 2.75) is 20.0 Å². The molecular weight excluding hydrogens is 302 g/mol. The molecule has 7 nitrogen and oxygen atoms in total. The minimum absolute atomic E-state index is 0.0824. The number of carbonyl (C=O) groups is 1. The van der Waals surface area contributed by atoms with Gasteiger partial charge in [0, 0.05) is 18.5 Å². The number of carbonyl (C=O) groups excluding carboxylic acids is 1. The molecular formula is C14H13N5O2S. The lowest BCUT2D eigenvalue weighted by molar-refractivity contribution is 0.0701. The van der Waals surface area contributed by atoms with E-state index in [1.807, 2.05) is 17.6 Å². The molecule has 1 aliphatic rings. The van der Waals surface area contributed by atoms with Crippen molar-refractivity contribution in [1.29, 1.82) is 0 Å². The van der Waals surface area contributed by atoms with Crippen LogP contribution in [0.3, 0.4) is 0 Å². The Morgan fingerprint density at radius 2 is 2.27 bits per heavy atom. The van der Waals surface area contributed by atoms with Gasteiger partial charge < -0.3 is 13.9 Å². The topological polar surface area (TPSA) is 77.0 Å². The van der Waals surface area contributed by atoms with Gasteiger partial charge in [-0.15, -0.1) is 21.5 Å². The van der Waals surface area contributed by atoms with Gasteiger partial charge in [0.25, 0.3) is 5.91 Å². The fourth-order valence-corrected chi connectivity index (χ4v) is 3.28. The lowest BCUT2D eigenvalue weighted by atomic mass is 10.3. The largest absolute Gasteiger partial charge is 0.462 e. The fourth-order valence-electron chi connectivity index (χ4n) is 2.52. The summed E-state index contributed by atoms with van der Waals surface area (Å²) in [6.07, 6.45) is 1.60. The van der Waals surface area contributed by atoms with Crippen LogP contribution in [0.5, 0.6) is 0 Å². The van der Waals surface area contributed by atoms with Gasteiger partial charge in [-0.05, 0) is 19.1 Å². The number of furan rings is 1. The van der Waals surface area contributed by atoms with Crippen LogP contribution in [0.15, 0.2) is 28.2 Å². The highest BCUT2D eigenvalue weighted by Gasteiger charge is 2.26. The van der Waals surface area contributed by atoms with Crippen LogP contribution in [-0.4, -0.2) is 37.1 Å². The summed E-state index contributed by atoms with van der Waals surface area (Å²) in [4.78, 5) is 18.7. The smallest absolute Gasteiger partial charge is 0.273 e. The van der Waals surface area contributed by atoms with Crippen LogP contribution in [0, 0.1) is 6.92 Å². The summed E-state index contributed by atoms with van der Waals surface area (Å²) < 4.78 is 7.35. The highest BCUT2D eigenvalue weighted by atomic mass is 32.1. The molecule has 1 amide bonds. The van der Waals surface area contributed by atoms with E-state index in [-0.39, 0.29) is 5.91 Å². The molecule has 8 heteroatoms. The molecule has 0 spiro atoms. The van der Waals surface area contributed by atoms with Crippen molar-refractivity contribution >= 4 is 17.2 Å². The number of nitrogens with zero attached hydrogens (tertiary/aromatic N) is 5. The van der Waals surface area contributed by atoms with Crippen LogP contribution in [-0.2, 0) is 13.1 Å². The van der Waals surface area contributed by atoms with Crippen LogP contribution in [0.2, 0.25) is 0 Å². The van der Waals surface area contributed by atoms with Gasteiger partial charge >= 0.3 is 0 Å². The van der Waals surface area contributed by atoms with Crippen molar-refractivity contribution in [1.82, 2.24) is 24.6 Å². The second-order valence-corrected chi connectivity index (χ2v) is 5.92. The number of fused-ring (bicyclic) bond motifs is 1. The average Bonchev–Trinajstić information content (AvgIpc) is 3.27. The zero-order valence-electron chi connectivity index (χ0n) is 11.9. The van der Waals surface area contributed by atoms with Gasteiger partial charge in [-0.2, -0.15) is 0 Å². The lowest BCUT2D eigenvalue weighted by Gasteiger charge is -2.26. The maximum atomic E-state index is 12.6. The molecule has 3 aromatic heterocycles. The van der Waals surface area contributed by atoms with Crippen LogP contribution in [0.4, 0.5) is 0 Å². The molecule has 0 saturated heterocycles. The first kappa shape index (κ1) is 13.2. The molecule has 22 heavy (non-hydrogen) atoms. The Hall–Kier alpha value is -2.48. The van der Waals surface area contributed by atoms with E-state index in [4.69, 9.17) is 4.42 Å². The molecule has 112 valence electrons. The zero-order valence-corrected chi connectivity index (χ0v) is 12.7. The molecule has 0 aliphatic carbocycles. The summed E-state index contributed by atoms with van der Waals surface area (Å²) in [7, 11) is 0. The fraction of sp³-hybridized carbons (Fsp3) is 0.286. The third kappa shape index (κ3) is 2.12. The first-order chi connectivity index (χ1) is 10.7. The predicted octanol–water partition coefficient (Wildman–Crippen LogP) is 1.96. The molecule has 0 atom stereocenters. The zero-order chi connectivity index (χ0) is 15.1. The minimum Gasteiger partial charge on any atom is -0.462 e. The van der Waals surface area contributed by atoms with E-state index < -0.39 is 0 Å². The summed E-state index contributed by atoms with van der Waals surface area (Å²) in [5.74, 6) is 2.30. The molecule has 0 saturated carbocycles. The van der Waals surface area contributed by atoms with Crippen LogP contribution in [0.1, 0.15) is 22.1 Å². The lowest BCUT2D eigenvalue weighted by Crippen LogP contribution is -2.38. The molecule has 3 aromatic rings. The molecule has 0 bridgehead atoms. The standard InChI is InChI=1S/C14H13N5O2S/c1-9-16-17-12-7-18(4-5-19(9)12)14(20)10-8-22-13(15-10)11-3-2-6-21-11/h2-3,6,8H,4-5,7H2,1H3. The van der Waals surface area contributed by atoms with Crippen molar-refractivity contribution in [2.24, 2.45) is 0 Å². The highest BCUT2D eigenvalue weighted by Crippen LogP contribution is 2.25. The van der Waals surface area contributed by atoms with Crippen molar-refractivity contribution in [2.75, 3.05) is 6.54 Å². The van der Waals surface area contributed by atoms with Gasteiger partial charge in [0.05, 0.1) is 12.8 Å². The van der Waals surface area contributed by atoms with Crippen molar-refractivity contribution in [3.8, 4) is 10.8 Å². The summed E-state index contributed by atoms with van der Waals surface area (Å²) in [5.41, 5.74) is 0.445. The molecule has 0 fully saturated rings. The first-order valence-corrected chi connectivity index (χ1v) is 7.77. The predicted molar refractivity (Wildman–Crippen MR) is 79.3 cm³/mol. The second kappa shape index (κ2) is 5.06. The Labute approximate surface area is 130 Å². The maximum absolute atomic E-state index is 12.6. The number of hydrogen-bond donors (Lipinski definition) is 0. The van der Waals surface area contributed by atoms with E-state index in [1.54, 1.807) is 22.6 Å². The minimum atomic E-state index is -0.0824. The van der Waals surface area contributed by atoms with Crippen LogP contribution >= 0.6 is 11.3 Å². The SMILES string of the molecule is Cc1nnc2n1CCN(C(=O)c1csc(-c3ccco3)n1)C2. The monoisotopic (exact) mass is 315 g/mol.